The Bertz CT molecular complexity index is 1280. The lowest BCUT2D eigenvalue weighted by atomic mass is 9.89. The number of carbonyl (C=O) groups excluding carboxylic acids is 1. The molecule has 0 unspecified atom stereocenters. The van der Waals surface area contributed by atoms with E-state index >= 15 is 0 Å². The molecule has 1 aromatic carbocycles. The molecule has 29 heavy (non-hydrogen) atoms. The maximum absolute atomic E-state index is 11.8. The predicted molar refractivity (Wildman–Crippen MR) is 112 cm³/mol. The summed E-state index contributed by atoms with van der Waals surface area (Å²) in [6.45, 7) is 3.54. The van der Waals surface area contributed by atoms with Gasteiger partial charge in [0.2, 0.25) is 5.91 Å². The number of hydrogen-bond donors (Lipinski definition) is 2. The highest BCUT2D eigenvalue weighted by Crippen LogP contribution is 2.39. The Morgan fingerprint density at radius 1 is 1.31 bits per heavy atom. The van der Waals surface area contributed by atoms with E-state index in [4.69, 9.17) is 5.73 Å². The van der Waals surface area contributed by atoms with Crippen LogP contribution in [0.2, 0.25) is 0 Å². The molecule has 0 spiro atoms. The van der Waals surface area contributed by atoms with Crippen LogP contribution in [0.3, 0.4) is 0 Å². The van der Waals surface area contributed by atoms with Crippen molar-refractivity contribution < 1.29 is 4.79 Å². The number of rotatable bonds is 3. The number of para-hydroxylation sites is 1. The fraction of sp³-hybridized carbons (Fsp3) is 0.182. The highest BCUT2D eigenvalue weighted by atomic mass is 16.1. The first kappa shape index (κ1) is 17.4. The van der Waals surface area contributed by atoms with Crippen LogP contribution < -0.4 is 11.1 Å². The molecule has 7 nitrogen and oxygen atoms in total. The molecule has 5 rings (SSSR count). The zero-order chi connectivity index (χ0) is 20.0. The second-order valence-electron chi connectivity index (χ2n) is 7.28. The quantitative estimate of drug-likeness (QED) is 0.529. The summed E-state index contributed by atoms with van der Waals surface area (Å²) < 4.78 is 1.87. The van der Waals surface area contributed by atoms with E-state index in [0.29, 0.717) is 12.2 Å². The summed E-state index contributed by atoms with van der Waals surface area (Å²) in [4.78, 5) is 20.6. The van der Waals surface area contributed by atoms with E-state index in [1.165, 1.54) is 18.0 Å². The second-order valence-corrected chi connectivity index (χ2v) is 7.28. The van der Waals surface area contributed by atoms with Crippen molar-refractivity contribution in [3.63, 3.8) is 0 Å². The molecule has 0 fully saturated rings. The normalized spacial score (nSPS) is 15.9. The van der Waals surface area contributed by atoms with Crippen LogP contribution >= 0.6 is 0 Å². The van der Waals surface area contributed by atoms with Crippen LogP contribution in [0.1, 0.15) is 17.7 Å². The molecule has 3 N–H and O–H groups in total. The Kier molecular flexibility index (Phi) is 4.01. The zero-order valence-electron chi connectivity index (χ0n) is 15.8. The SMILES string of the molecule is C=CC(=O)N[C@@H]1CCc2c(-c3cnc4ccccc4c3)c3c(N)ncnn3c2C1. The second kappa shape index (κ2) is 6.70. The van der Waals surface area contributed by atoms with Gasteiger partial charge in [-0.05, 0) is 36.6 Å². The van der Waals surface area contributed by atoms with E-state index < -0.39 is 0 Å². The molecule has 0 radical (unpaired) electrons. The third-order valence-electron chi connectivity index (χ3n) is 5.55. The Morgan fingerprint density at radius 2 is 2.17 bits per heavy atom. The van der Waals surface area contributed by atoms with Gasteiger partial charge in [-0.1, -0.05) is 24.8 Å². The third-order valence-corrected chi connectivity index (χ3v) is 5.55. The van der Waals surface area contributed by atoms with E-state index in [9.17, 15) is 4.79 Å². The van der Waals surface area contributed by atoms with Gasteiger partial charge in [0.1, 0.15) is 11.8 Å². The van der Waals surface area contributed by atoms with Gasteiger partial charge >= 0.3 is 0 Å². The summed E-state index contributed by atoms with van der Waals surface area (Å²) in [5, 5.41) is 8.54. The van der Waals surface area contributed by atoms with Crippen molar-refractivity contribution in [3.05, 3.63) is 66.8 Å². The first-order valence-electron chi connectivity index (χ1n) is 9.56. The first-order chi connectivity index (χ1) is 14.2. The van der Waals surface area contributed by atoms with Crippen molar-refractivity contribution in [2.45, 2.75) is 25.3 Å². The van der Waals surface area contributed by atoms with Gasteiger partial charge in [-0.2, -0.15) is 5.10 Å². The van der Waals surface area contributed by atoms with Crippen molar-refractivity contribution in [3.8, 4) is 11.1 Å². The predicted octanol–water partition coefficient (Wildman–Crippen LogP) is 2.69. The summed E-state index contributed by atoms with van der Waals surface area (Å²) in [6.07, 6.45) is 6.98. The van der Waals surface area contributed by atoms with Gasteiger partial charge in [0.15, 0.2) is 5.82 Å². The van der Waals surface area contributed by atoms with Crippen LogP contribution in [0.15, 0.2) is 55.5 Å². The Morgan fingerprint density at radius 3 is 3.03 bits per heavy atom. The van der Waals surface area contributed by atoms with E-state index in [-0.39, 0.29) is 11.9 Å². The van der Waals surface area contributed by atoms with Crippen molar-refractivity contribution in [1.29, 1.82) is 0 Å². The average molecular weight is 384 g/mol. The highest BCUT2D eigenvalue weighted by Gasteiger charge is 2.29. The number of hydrogen-bond acceptors (Lipinski definition) is 5. The number of nitrogen functional groups attached to an aromatic ring is 1. The minimum atomic E-state index is -0.160. The maximum Gasteiger partial charge on any atom is 0.243 e. The van der Waals surface area contributed by atoms with Gasteiger partial charge in [0.05, 0.1) is 5.52 Å². The van der Waals surface area contributed by atoms with Gasteiger partial charge in [-0.15, -0.1) is 0 Å². The van der Waals surface area contributed by atoms with E-state index in [1.807, 2.05) is 28.9 Å². The molecule has 0 bridgehead atoms. The molecule has 4 aromatic rings. The molecule has 1 atom stereocenters. The van der Waals surface area contributed by atoms with Crippen molar-refractivity contribution >= 4 is 28.1 Å². The molecule has 1 aliphatic carbocycles. The molecular weight excluding hydrogens is 364 g/mol. The molecule has 0 aliphatic heterocycles. The standard InChI is InChI=1S/C22H20N6O/c1-2-19(29)27-15-7-8-16-18(10-15)28-21(22(23)25-12-26-28)20(16)14-9-13-5-3-4-6-17(13)24-11-14/h2-6,9,11-12,15H,1,7-8,10H2,(H,27,29)(H2,23,25,26)/t15-/m1/s1. The van der Waals surface area contributed by atoms with Crippen LogP contribution in [-0.2, 0) is 17.6 Å². The number of nitrogens with two attached hydrogens (primary N) is 1. The number of fused-ring (bicyclic) bond motifs is 4. The van der Waals surface area contributed by atoms with Crippen molar-refractivity contribution in [2.24, 2.45) is 0 Å². The fourth-order valence-electron chi connectivity index (χ4n) is 4.26. The van der Waals surface area contributed by atoms with Gasteiger partial charge in [-0.25, -0.2) is 9.50 Å². The smallest absolute Gasteiger partial charge is 0.243 e. The maximum atomic E-state index is 11.8. The highest BCUT2D eigenvalue weighted by molar-refractivity contribution is 5.94. The van der Waals surface area contributed by atoms with Gasteiger partial charge < -0.3 is 11.1 Å². The Hall–Kier alpha value is -3.74. The average Bonchev–Trinajstić information content (AvgIpc) is 3.08. The van der Waals surface area contributed by atoms with Crippen LogP contribution in [0.4, 0.5) is 5.82 Å². The molecular formula is C22H20N6O. The Labute approximate surface area is 167 Å². The number of nitrogens with one attached hydrogen (secondary N) is 1. The molecule has 3 heterocycles. The minimum Gasteiger partial charge on any atom is -0.382 e. The largest absolute Gasteiger partial charge is 0.382 e. The molecule has 0 saturated carbocycles. The number of nitrogens with zero attached hydrogens (tertiary/aromatic N) is 4. The number of amides is 1. The van der Waals surface area contributed by atoms with Crippen LogP contribution in [0.5, 0.6) is 0 Å². The van der Waals surface area contributed by atoms with E-state index in [1.54, 1.807) is 0 Å². The van der Waals surface area contributed by atoms with E-state index in [0.717, 1.165) is 46.1 Å². The third kappa shape index (κ3) is 2.82. The number of carbonyl (C=O) groups is 1. The van der Waals surface area contributed by atoms with Crippen LogP contribution in [-0.4, -0.2) is 31.5 Å². The Balaban J connectivity index is 1.70. The van der Waals surface area contributed by atoms with Gasteiger partial charge in [0.25, 0.3) is 0 Å². The summed E-state index contributed by atoms with van der Waals surface area (Å²) in [6, 6.07) is 10.2. The first-order valence-corrected chi connectivity index (χ1v) is 9.56. The molecule has 3 aromatic heterocycles. The molecule has 1 amide bonds. The summed E-state index contributed by atoms with van der Waals surface area (Å²) in [5.74, 6) is 0.275. The van der Waals surface area contributed by atoms with Crippen LogP contribution in [0, 0.1) is 0 Å². The number of benzene rings is 1. The van der Waals surface area contributed by atoms with Crippen molar-refractivity contribution in [1.82, 2.24) is 24.9 Å². The fourth-order valence-corrected chi connectivity index (χ4v) is 4.26. The number of aromatic nitrogens is 4. The zero-order valence-corrected chi connectivity index (χ0v) is 15.8. The summed E-state index contributed by atoms with van der Waals surface area (Å²) in [5.41, 5.74) is 12.3. The molecule has 144 valence electrons. The lowest BCUT2D eigenvalue weighted by Crippen LogP contribution is -2.38. The van der Waals surface area contributed by atoms with E-state index in [2.05, 4.69) is 39.1 Å². The van der Waals surface area contributed by atoms with Gasteiger partial charge in [0, 0.05) is 40.9 Å². The molecule has 1 aliphatic rings. The number of pyridine rings is 1. The van der Waals surface area contributed by atoms with Crippen LogP contribution in [0.25, 0.3) is 27.5 Å². The molecule has 0 saturated heterocycles. The lowest BCUT2D eigenvalue weighted by molar-refractivity contribution is -0.117. The van der Waals surface area contributed by atoms with Gasteiger partial charge in [-0.3, -0.25) is 9.78 Å². The minimum absolute atomic E-state index is 0.0323. The monoisotopic (exact) mass is 384 g/mol. The molecule has 7 heteroatoms. The summed E-state index contributed by atoms with van der Waals surface area (Å²) >= 11 is 0. The number of anilines is 1. The van der Waals surface area contributed by atoms with Crippen molar-refractivity contribution in [2.75, 3.05) is 5.73 Å². The lowest BCUT2D eigenvalue weighted by Gasteiger charge is -2.23. The summed E-state index contributed by atoms with van der Waals surface area (Å²) in [7, 11) is 0. The topological polar surface area (TPSA) is 98.2 Å².